The summed E-state index contributed by atoms with van der Waals surface area (Å²) in [6.07, 6.45) is 0.170. The van der Waals surface area contributed by atoms with Gasteiger partial charge in [0.05, 0.1) is 20.9 Å². The molecule has 0 aliphatic rings. The second-order valence-electron chi connectivity index (χ2n) is 7.54. The van der Waals surface area contributed by atoms with Gasteiger partial charge in [0, 0.05) is 11.8 Å². The zero-order chi connectivity index (χ0) is 23.8. The van der Waals surface area contributed by atoms with Crippen LogP contribution in [0.3, 0.4) is 0 Å². The third-order valence-corrected chi connectivity index (χ3v) is 6.03. The summed E-state index contributed by atoms with van der Waals surface area (Å²) >= 11 is 12.2. The van der Waals surface area contributed by atoms with Crippen LogP contribution in [0.25, 0.3) is 21.9 Å². The molecule has 7 nitrogen and oxygen atoms in total. The van der Waals surface area contributed by atoms with Crippen molar-refractivity contribution in [3.63, 3.8) is 0 Å². The average Bonchev–Trinajstić information content (AvgIpc) is 2.83. The lowest BCUT2D eigenvalue weighted by molar-refractivity contribution is 0.100. The Hall–Kier alpha value is -3.94. The van der Waals surface area contributed by atoms with E-state index in [1.807, 2.05) is 0 Å². The topological polar surface area (TPSA) is 94.2 Å². The first kappa shape index (κ1) is 21.9. The molecule has 168 valence electrons. The Kier molecular flexibility index (Phi) is 5.65. The molecular formula is C25H15Cl2N3O4. The van der Waals surface area contributed by atoms with Crippen molar-refractivity contribution in [2.24, 2.45) is 0 Å². The van der Waals surface area contributed by atoms with Crippen molar-refractivity contribution in [2.45, 2.75) is 6.42 Å². The van der Waals surface area contributed by atoms with Crippen LogP contribution in [-0.4, -0.2) is 15.6 Å². The monoisotopic (exact) mass is 491 g/mol. The van der Waals surface area contributed by atoms with Crippen molar-refractivity contribution < 1.29 is 9.21 Å². The first-order chi connectivity index (χ1) is 16.4. The lowest BCUT2D eigenvalue weighted by atomic mass is 10.1. The molecular weight excluding hydrogens is 477 g/mol. The molecule has 34 heavy (non-hydrogen) atoms. The van der Waals surface area contributed by atoms with Gasteiger partial charge in [0.2, 0.25) is 0 Å². The summed E-state index contributed by atoms with van der Waals surface area (Å²) in [6, 6.07) is 20.1. The van der Waals surface area contributed by atoms with E-state index in [9.17, 15) is 14.4 Å². The predicted molar refractivity (Wildman–Crippen MR) is 131 cm³/mol. The van der Waals surface area contributed by atoms with Crippen LogP contribution in [0, 0.1) is 0 Å². The largest absolute Gasteiger partial charge is 0.422 e. The Balaban J connectivity index is 1.61. The van der Waals surface area contributed by atoms with E-state index < -0.39 is 17.1 Å². The maximum absolute atomic E-state index is 13.3. The number of fused-ring (bicyclic) bond motifs is 2. The molecule has 5 rings (SSSR count). The van der Waals surface area contributed by atoms with Crippen LogP contribution in [0.15, 0.2) is 86.8 Å². The molecule has 2 heterocycles. The molecule has 9 heteroatoms. The van der Waals surface area contributed by atoms with Gasteiger partial charge in [-0.2, -0.15) is 0 Å². The van der Waals surface area contributed by atoms with E-state index in [1.54, 1.807) is 66.7 Å². The summed E-state index contributed by atoms with van der Waals surface area (Å²) in [5.74, 6) is -0.547. The number of nitrogens with one attached hydrogen (secondary N) is 1. The Morgan fingerprint density at radius 3 is 2.53 bits per heavy atom. The standard InChI is InChI=1S/C25H15Cl2N3O4/c26-18-10-9-14(11-19(18)27)12-22-28-20-7-3-2-6-16(20)24(32)30(22)29-23(31)17-13-15-5-1-4-8-21(15)34-25(17)33/h1-11,13H,12H2,(H,29,31). The van der Waals surface area contributed by atoms with E-state index >= 15 is 0 Å². The number of aromatic nitrogens is 2. The van der Waals surface area contributed by atoms with Gasteiger partial charge in [-0.25, -0.2) is 14.5 Å². The van der Waals surface area contributed by atoms with Crippen molar-refractivity contribution in [3.05, 3.63) is 121 Å². The molecule has 0 saturated heterocycles. The van der Waals surface area contributed by atoms with Crippen molar-refractivity contribution >= 4 is 51.0 Å². The molecule has 5 aromatic rings. The van der Waals surface area contributed by atoms with E-state index in [0.29, 0.717) is 31.9 Å². The van der Waals surface area contributed by atoms with E-state index in [4.69, 9.17) is 27.6 Å². The molecule has 0 spiro atoms. The first-order valence-corrected chi connectivity index (χ1v) is 10.9. The molecule has 0 unspecified atom stereocenters. The number of carbonyl (C=O) groups excluding carboxylic acids is 1. The second kappa shape index (κ2) is 8.78. The molecule has 1 amide bonds. The van der Waals surface area contributed by atoms with Crippen LogP contribution in [0.5, 0.6) is 0 Å². The van der Waals surface area contributed by atoms with E-state index in [2.05, 4.69) is 10.4 Å². The molecule has 0 radical (unpaired) electrons. The summed E-state index contributed by atoms with van der Waals surface area (Å²) in [5.41, 5.74) is 2.54. The van der Waals surface area contributed by atoms with Crippen LogP contribution in [0.1, 0.15) is 21.7 Å². The van der Waals surface area contributed by atoms with E-state index in [-0.39, 0.29) is 17.8 Å². The predicted octanol–water partition coefficient (Wildman–Crippen LogP) is 4.78. The van der Waals surface area contributed by atoms with Gasteiger partial charge in [0.15, 0.2) is 0 Å². The van der Waals surface area contributed by atoms with Crippen molar-refractivity contribution in [1.29, 1.82) is 0 Å². The molecule has 0 fully saturated rings. The fraction of sp³-hybridized carbons (Fsp3) is 0.0400. The number of amides is 1. The third kappa shape index (κ3) is 4.07. The molecule has 2 aromatic heterocycles. The molecule has 0 bridgehead atoms. The number of benzene rings is 3. The van der Waals surface area contributed by atoms with Crippen molar-refractivity contribution in [2.75, 3.05) is 5.43 Å². The van der Waals surface area contributed by atoms with Crippen LogP contribution in [0.2, 0.25) is 10.0 Å². The van der Waals surface area contributed by atoms with Gasteiger partial charge >= 0.3 is 5.63 Å². The fourth-order valence-corrected chi connectivity index (χ4v) is 3.95. The molecule has 0 aliphatic carbocycles. The first-order valence-electron chi connectivity index (χ1n) is 10.2. The van der Waals surface area contributed by atoms with Gasteiger partial charge in [-0.15, -0.1) is 0 Å². The molecule has 1 N–H and O–H groups in total. The maximum atomic E-state index is 13.3. The second-order valence-corrected chi connectivity index (χ2v) is 8.35. The Morgan fingerprint density at radius 1 is 0.941 bits per heavy atom. The average molecular weight is 492 g/mol. The molecule has 0 aliphatic heterocycles. The minimum absolute atomic E-state index is 0.170. The zero-order valence-corrected chi connectivity index (χ0v) is 18.9. The highest BCUT2D eigenvalue weighted by Gasteiger charge is 2.18. The Bertz CT molecular complexity index is 1710. The van der Waals surface area contributed by atoms with Crippen LogP contribution >= 0.6 is 23.2 Å². The van der Waals surface area contributed by atoms with Gasteiger partial charge in [0.25, 0.3) is 11.5 Å². The highest BCUT2D eigenvalue weighted by molar-refractivity contribution is 6.42. The van der Waals surface area contributed by atoms with Gasteiger partial charge in [-0.3, -0.25) is 15.0 Å². The van der Waals surface area contributed by atoms with E-state index in [0.717, 1.165) is 10.2 Å². The zero-order valence-electron chi connectivity index (χ0n) is 17.4. The molecule has 3 aromatic carbocycles. The van der Waals surface area contributed by atoms with Crippen molar-refractivity contribution in [3.8, 4) is 0 Å². The van der Waals surface area contributed by atoms with E-state index in [1.165, 1.54) is 6.07 Å². The Labute approximate surface area is 202 Å². The lowest BCUT2D eigenvalue weighted by Gasteiger charge is -2.15. The van der Waals surface area contributed by atoms with Gasteiger partial charge in [-0.05, 0) is 42.0 Å². The minimum atomic E-state index is -0.816. The number of carbonyl (C=O) groups is 1. The smallest absolute Gasteiger partial charge is 0.349 e. The van der Waals surface area contributed by atoms with Crippen LogP contribution in [-0.2, 0) is 6.42 Å². The van der Waals surface area contributed by atoms with Gasteiger partial charge in [0.1, 0.15) is 17.0 Å². The number of rotatable bonds is 4. The molecule has 0 saturated carbocycles. The number of para-hydroxylation sites is 2. The fourth-order valence-electron chi connectivity index (χ4n) is 3.63. The Morgan fingerprint density at radius 2 is 1.71 bits per heavy atom. The third-order valence-electron chi connectivity index (χ3n) is 5.29. The van der Waals surface area contributed by atoms with Crippen molar-refractivity contribution in [1.82, 2.24) is 9.66 Å². The summed E-state index contributed by atoms with van der Waals surface area (Å²) in [4.78, 5) is 43.4. The highest BCUT2D eigenvalue weighted by atomic mass is 35.5. The minimum Gasteiger partial charge on any atom is -0.422 e. The SMILES string of the molecule is O=C(Nn1c(Cc2ccc(Cl)c(Cl)c2)nc2ccccc2c1=O)c1cc2ccccc2oc1=O. The lowest BCUT2D eigenvalue weighted by Crippen LogP contribution is -2.38. The van der Waals surface area contributed by atoms with Gasteiger partial charge < -0.3 is 4.42 Å². The maximum Gasteiger partial charge on any atom is 0.349 e. The number of nitrogens with zero attached hydrogens (tertiary/aromatic N) is 2. The number of hydrogen-bond donors (Lipinski definition) is 1. The highest BCUT2D eigenvalue weighted by Crippen LogP contribution is 2.24. The summed E-state index contributed by atoms with van der Waals surface area (Å²) in [7, 11) is 0. The number of halogens is 2. The normalized spacial score (nSPS) is 11.1. The molecule has 0 atom stereocenters. The summed E-state index contributed by atoms with van der Waals surface area (Å²) in [5, 5.41) is 1.63. The van der Waals surface area contributed by atoms with Crippen LogP contribution < -0.4 is 16.6 Å². The summed E-state index contributed by atoms with van der Waals surface area (Å²) in [6.45, 7) is 0. The van der Waals surface area contributed by atoms with Gasteiger partial charge in [-0.1, -0.05) is 59.6 Å². The quantitative estimate of drug-likeness (QED) is 0.365. The summed E-state index contributed by atoms with van der Waals surface area (Å²) < 4.78 is 6.30. The van der Waals surface area contributed by atoms with Crippen LogP contribution in [0.4, 0.5) is 0 Å². The number of hydrogen-bond acceptors (Lipinski definition) is 5.